The highest BCUT2D eigenvalue weighted by Crippen LogP contribution is 2.23. The molecule has 3 aromatic rings. The molecule has 1 heterocycles. The van der Waals surface area contributed by atoms with Crippen LogP contribution in [-0.2, 0) is 0 Å². The quantitative estimate of drug-likeness (QED) is 0.707. The minimum absolute atomic E-state index is 0.118. The van der Waals surface area contributed by atoms with E-state index in [4.69, 9.17) is 5.11 Å². The molecule has 0 bridgehead atoms. The van der Waals surface area contributed by atoms with Crippen LogP contribution < -0.4 is 5.56 Å². The second-order valence-electron chi connectivity index (χ2n) is 5.57. The highest BCUT2D eigenvalue weighted by Gasteiger charge is 2.12. The highest BCUT2D eigenvalue weighted by molar-refractivity contribution is 5.88. The van der Waals surface area contributed by atoms with Crippen molar-refractivity contribution in [3.8, 4) is 5.69 Å². The van der Waals surface area contributed by atoms with Crippen LogP contribution in [0.1, 0.15) is 21.6 Å². The number of aromatic carboxylic acids is 1. The van der Waals surface area contributed by atoms with E-state index in [9.17, 15) is 9.59 Å². The van der Waals surface area contributed by atoms with Crippen molar-refractivity contribution >= 4 is 17.3 Å². The SMILES string of the molecule is Cc1ccc(C(=O)O)cc1N=Nc1c(C)[nH]n(-c2ccccc2)c1=O. The number of H-pyrrole nitrogens is 1. The molecule has 2 aromatic carbocycles. The van der Waals surface area contributed by atoms with Crippen LogP contribution in [0.5, 0.6) is 0 Å². The van der Waals surface area contributed by atoms with Crippen LogP contribution >= 0.6 is 0 Å². The van der Waals surface area contributed by atoms with Crippen molar-refractivity contribution in [3.63, 3.8) is 0 Å². The molecule has 7 heteroatoms. The minimum atomic E-state index is -1.04. The molecule has 0 aliphatic carbocycles. The van der Waals surface area contributed by atoms with Crippen molar-refractivity contribution in [1.29, 1.82) is 0 Å². The number of benzene rings is 2. The molecule has 25 heavy (non-hydrogen) atoms. The molecule has 0 fully saturated rings. The van der Waals surface area contributed by atoms with Gasteiger partial charge in [0.25, 0.3) is 5.56 Å². The zero-order valence-electron chi connectivity index (χ0n) is 13.7. The number of rotatable bonds is 4. The normalized spacial score (nSPS) is 11.1. The fraction of sp³-hybridized carbons (Fsp3) is 0.111. The van der Waals surface area contributed by atoms with Gasteiger partial charge in [0.05, 0.1) is 22.6 Å². The van der Waals surface area contributed by atoms with E-state index in [0.29, 0.717) is 17.1 Å². The van der Waals surface area contributed by atoms with E-state index >= 15 is 0 Å². The molecule has 2 N–H and O–H groups in total. The van der Waals surface area contributed by atoms with Gasteiger partial charge in [0.15, 0.2) is 5.69 Å². The predicted molar refractivity (Wildman–Crippen MR) is 93.4 cm³/mol. The number of nitrogens with one attached hydrogen (secondary N) is 1. The van der Waals surface area contributed by atoms with Crippen molar-refractivity contribution in [2.24, 2.45) is 10.2 Å². The van der Waals surface area contributed by atoms with Crippen molar-refractivity contribution in [1.82, 2.24) is 9.78 Å². The summed E-state index contributed by atoms with van der Waals surface area (Å²) < 4.78 is 1.39. The van der Waals surface area contributed by atoms with E-state index in [0.717, 1.165) is 5.56 Å². The van der Waals surface area contributed by atoms with Gasteiger partial charge in [0.1, 0.15) is 0 Å². The van der Waals surface area contributed by atoms with Gasteiger partial charge in [-0.05, 0) is 43.7 Å². The molecule has 7 nitrogen and oxygen atoms in total. The van der Waals surface area contributed by atoms with Gasteiger partial charge < -0.3 is 5.11 Å². The Bertz CT molecular complexity index is 1020. The Labute approximate surface area is 143 Å². The molecule has 1 aromatic heterocycles. The number of carbonyl (C=O) groups is 1. The van der Waals surface area contributed by atoms with Crippen LogP contribution in [0, 0.1) is 13.8 Å². The Morgan fingerprint density at radius 3 is 2.48 bits per heavy atom. The number of nitrogens with zero attached hydrogens (tertiary/aromatic N) is 3. The summed E-state index contributed by atoms with van der Waals surface area (Å²) >= 11 is 0. The summed E-state index contributed by atoms with van der Waals surface area (Å²) in [7, 11) is 0. The van der Waals surface area contributed by atoms with Crippen molar-refractivity contribution < 1.29 is 9.90 Å². The van der Waals surface area contributed by atoms with Gasteiger partial charge in [-0.3, -0.25) is 9.89 Å². The zero-order chi connectivity index (χ0) is 18.0. The topological polar surface area (TPSA) is 99.8 Å². The molecule has 3 rings (SSSR count). The monoisotopic (exact) mass is 336 g/mol. The van der Waals surface area contributed by atoms with E-state index < -0.39 is 5.97 Å². The first-order valence-electron chi connectivity index (χ1n) is 7.60. The maximum Gasteiger partial charge on any atom is 0.335 e. The van der Waals surface area contributed by atoms with Gasteiger partial charge in [-0.1, -0.05) is 24.3 Å². The maximum absolute atomic E-state index is 12.6. The van der Waals surface area contributed by atoms with Gasteiger partial charge >= 0.3 is 5.97 Å². The van der Waals surface area contributed by atoms with Crippen molar-refractivity contribution in [2.45, 2.75) is 13.8 Å². The molecule has 0 unspecified atom stereocenters. The Hall–Kier alpha value is -3.48. The van der Waals surface area contributed by atoms with Crippen LogP contribution in [0.25, 0.3) is 5.69 Å². The second-order valence-corrected chi connectivity index (χ2v) is 5.57. The van der Waals surface area contributed by atoms with E-state index in [1.807, 2.05) is 18.2 Å². The standard InChI is InChI=1S/C18H16N4O3/c1-11-8-9-13(18(24)25)10-15(11)19-20-16-12(2)21-22(17(16)23)14-6-4-3-5-7-14/h3-10,21H,1-2H3,(H,24,25). The molecular formula is C18H16N4O3. The van der Waals surface area contributed by atoms with E-state index in [-0.39, 0.29) is 16.8 Å². The summed E-state index contributed by atoms with van der Waals surface area (Å²) in [4.78, 5) is 23.6. The van der Waals surface area contributed by atoms with Crippen molar-refractivity contribution in [3.05, 3.63) is 75.7 Å². The van der Waals surface area contributed by atoms with Crippen LogP contribution in [0.15, 0.2) is 63.6 Å². The van der Waals surface area contributed by atoms with Crippen LogP contribution in [0.3, 0.4) is 0 Å². The number of carboxylic acids is 1. The summed E-state index contributed by atoms with van der Waals surface area (Å²) in [6.45, 7) is 3.53. The van der Waals surface area contributed by atoms with Crippen LogP contribution in [-0.4, -0.2) is 20.9 Å². The van der Waals surface area contributed by atoms with Gasteiger partial charge in [-0.25, -0.2) is 9.48 Å². The predicted octanol–water partition coefficient (Wildman–Crippen LogP) is 3.90. The van der Waals surface area contributed by atoms with Gasteiger partial charge in [-0.2, -0.15) is 5.11 Å². The Balaban J connectivity index is 2.01. The number of carboxylic acid groups (broad SMARTS) is 1. The van der Waals surface area contributed by atoms with E-state index in [1.165, 1.54) is 16.8 Å². The van der Waals surface area contributed by atoms with Crippen molar-refractivity contribution in [2.75, 3.05) is 0 Å². The third kappa shape index (κ3) is 3.25. The Kier molecular flexibility index (Phi) is 4.30. The lowest BCUT2D eigenvalue weighted by Crippen LogP contribution is -2.13. The number of aromatic nitrogens is 2. The molecule has 0 saturated heterocycles. The number of hydrogen-bond donors (Lipinski definition) is 2. The average molecular weight is 336 g/mol. The molecule has 126 valence electrons. The summed E-state index contributed by atoms with van der Waals surface area (Å²) in [5.41, 5.74) is 2.43. The summed E-state index contributed by atoms with van der Waals surface area (Å²) in [5, 5.41) is 20.2. The first-order valence-corrected chi connectivity index (χ1v) is 7.60. The Morgan fingerprint density at radius 2 is 1.80 bits per heavy atom. The number of hydrogen-bond acceptors (Lipinski definition) is 4. The fourth-order valence-electron chi connectivity index (χ4n) is 2.37. The minimum Gasteiger partial charge on any atom is -0.478 e. The maximum atomic E-state index is 12.6. The third-order valence-electron chi connectivity index (χ3n) is 3.77. The number of azo groups is 1. The molecule has 0 amide bonds. The average Bonchev–Trinajstić information content (AvgIpc) is 2.89. The molecule has 0 aliphatic heterocycles. The number of aromatic amines is 1. The first-order chi connectivity index (χ1) is 12.0. The highest BCUT2D eigenvalue weighted by atomic mass is 16.4. The summed E-state index contributed by atoms with van der Waals surface area (Å²) in [5.74, 6) is -1.04. The summed E-state index contributed by atoms with van der Waals surface area (Å²) in [6.07, 6.45) is 0. The number of aryl methyl sites for hydroxylation is 2. The number of para-hydroxylation sites is 1. The van der Waals surface area contributed by atoms with Gasteiger partial charge in [-0.15, -0.1) is 5.11 Å². The lowest BCUT2D eigenvalue weighted by Gasteiger charge is -2.00. The zero-order valence-corrected chi connectivity index (χ0v) is 13.7. The second kappa shape index (κ2) is 6.56. The molecule has 0 spiro atoms. The molecule has 0 atom stereocenters. The molecule has 0 saturated carbocycles. The lowest BCUT2D eigenvalue weighted by molar-refractivity contribution is 0.0697. The molecule has 0 radical (unpaired) electrons. The van der Waals surface area contributed by atoms with Crippen LogP contribution in [0.2, 0.25) is 0 Å². The van der Waals surface area contributed by atoms with Gasteiger partial charge in [0, 0.05) is 0 Å². The molecule has 0 aliphatic rings. The largest absolute Gasteiger partial charge is 0.478 e. The smallest absolute Gasteiger partial charge is 0.335 e. The van der Waals surface area contributed by atoms with E-state index in [1.54, 1.807) is 32.0 Å². The van der Waals surface area contributed by atoms with E-state index in [2.05, 4.69) is 15.3 Å². The fourth-order valence-corrected chi connectivity index (χ4v) is 2.37. The van der Waals surface area contributed by atoms with Crippen LogP contribution in [0.4, 0.5) is 11.4 Å². The Morgan fingerprint density at radius 1 is 1.08 bits per heavy atom. The third-order valence-corrected chi connectivity index (χ3v) is 3.77. The molecular weight excluding hydrogens is 320 g/mol. The lowest BCUT2D eigenvalue weighted by atomic mass is 10.1. The first kappa shape index (κ1) is 16.4. The summed E-state index contributed by atoms with van der Waals surface area (Å²) in [6, 6.07) is 13.7. The van der Waals surface area contributed by atoms with Gasteiger partial charge in [0.2, 0.25) is 0 Å².